The van der Waals surface area contributed by atoms with Crippen molar-refractivity contribution in [2.75, 3.05) is 13.2 Å². The summed E-state index contributed by atoms with van der Waals surface area (Å²) in [4.78, 5) is 13.3. The quantitative estimate of drug-likeness (QED) is 0.242. The normalized spacial score (nSPS) is 11.0. The van der Waals surface area contributed by atoms with Crippen molar-refractivity contribution < 1.29 is 13.9 Å². The van der Waals surface area contributed by atoms with E-state index in [1.54, 1.807) is 24.3 Å². The average molecular weight is 483 g/mol. The molecule has 0 aliphatic carbocycles. The van der Waals surface area contributed by atoms with Crippen LogP contribution in [-0.2, 0) is 0 Å². The number of halogens is 2. The fourth-order valence-electron chi connectivity index (χ4n) is 3.42. The molecular formula is C27H24Cl2O4. The second kappa shape index (κ2) is 10.3. The highest BCUT2D eigenvalue weighted by atomic mass is 35.5. The van der Waals surface area contributed by atoms with Crippen molar-refractivity contribution in [1.82, 2.24) is 0 Å². The summed E-state index contributed by atoms with van der Waals surface area (Å²) in [5.41, 5.74) is 3.00. The minimum Gasteiger partial charge on any atom is -0.494 e. The first kappa shape index (κ1) is 23.2. The van der Waals surface area contributed by atoms with Gasteiger partial charge in [-0.15, -0.1) is 0 Å². The fraction of sp³-hybridized carbons (Fsp3) is 0.222. The maximum Gasteiger partial charge on any atom is 0.235 e. The molecule has 0 spiro atoms. The minimum atomic E-state index is -0.230. The standard InChI is InChI=1S/C27H24Cl2O4/c1-17-5-7-19(8-6-17)26-27(25(30)22-16-23(29)18(2)15-24(22)33-26)32-14-4-3-13-31-21-11-9-20(28)10-12-21/h5-12,15-16H,3-4,13-14H2,1-2H3. The van der Waals surface area contributed by atoms with E-state index in [1.807, 2.05) is 50.2 Å². The van der Waals surface area contributed by atoms with Gasteiger partial charge in [0.2, 0.25) is 11.2 Å². The molecule has 4 aromatic rings. The van der Waals surface area contributed by atoms with Gasteiger partial charge in [0.1, 0.15) is 11.3 Å². The van der Waals surface area contributed by atoms with E-state index in [2.05, 4.69) is 0 Å². The molecule has 0 N–H and O–H groups in total. The monoisotopic (exact) mass is 482 g/mol. The van der Waals surface area contributed by atoms with Gasteiger partial charge in [0.05, 0.1) is 18.6 Å². The molecule has 0 amide bonds. The van der Waals surface area contributed by atoms with Gasteiger partial charge in [-0.25, -0.2) is 0 Å². The van der Waals surface area contributed by atoms with Crippen LogP contribution in [0.25, 0.3) is 22.3 Å². The second-order valence-corrected chi connectivity index (χ2v) is 8.75. The average Bonchev–Trinajstić information content (AvgIpc) is 2.80. The van der Waals surface area contributed by atoms with Crippen molar-refractivity contribution in [3.05, 3.63) is 92.1 Å². The molecule has 0 bridgehead atoms. The third-order valence-electron chi connectivity index (χ3n) is 5.31. The van der Waals surface area contributed by atoms with Crippen LogP contribution >= 0.6 is 23.2 Å². The Balaban J connectivity index is 1.52. The van der Waals surface area contributed by atoms with Gasteiger partial charge in [0.25, 0.3) is 0 Å². The lowest BCUT2D eigenvalue weighted by molar-refractivity contribution is 0.263. The molecule has 0 saturated carbocycles. The lowest BCUT2D eigenvalue weighted by Gasteiger charge is -2.13. The first-order valence-corrected chi connectivity index (χ1v) is 11.5. The van der Waals surface area contributed by atoms with E-state index in [0.29, 0.717) is 46.4 Å². The van der Waals surface area contributed by atoms with E-state index >= 15 is 0 Å². The first-order chi connectivity index (χ1) is 15.9. The number of hydrogen-bond acceptors (Lipinski definition) is 4. The molecule has 1 aromatic heterocycles. The van der Waals surface area contributed by atoms with Crippen molar-refractivity contribution in [1.29, 1.82) is 0 Å². The van der Waals surface area contributed by atoms with Gasteiger partial charge in [-0.3, -0.25) is 4.79 Å². The number of fused-ring (bicyclic) bond motifs is 1. The number of benzene rings is 3. The lowest BCUT2D eigenvalue weighted by atomic mass is 10.1. The summed E-state index contributed by atoms with van der Waals surface area (Å²) >= 11 is 12.2. The molecule has 0 aliphatic rings. The molecule has 6 heteroatoms. The van der Waals surface area contributed by atoms with Crippen molar-refractivity contribution >= 4 is 34.2 Å². The van der Waals surface area contributed by atoms with E-state index < -0.39 is 0 Å². The molecule has 0 aliphatic heterocycles. The summed E-state index contributed by atoms with van der Waals surface area (Å²) in [6, 6.07) is 18.5. The molecule has 4 nitrogen and oxygen atoms in total. The van der Waals surface area contributed by atoms with Gasteiger partial charge < -0.3 is 13.9 Å². The van der Waals surface area contributed by atoms with Crippen LogP contribution in [0.2, 0.25) is 10.0 Å². The van der Waals surface area contributed by atoms with Crippen LogP contribution in [0, 0.1) is 13.8 Å². The highest BCUT2D eigenvalue weighted by Gasteiger charge is 2.18. The highest BCUT2D eigenvalue weighted by molar-refractivity contribution is 6.32. The third-order valence-corrected chi connectivity index (χ3v) is 5.97. The van der Waals surface area contributed by atoms with E-state index in [-0.39, 0.29) is 11.2 Å². The minimum absolute atomic E-state index is 0.199. The smallest absolute Gasteiger partial charge is 0.235 e. The van der Waals surface area contributed by atoms with Crippen LogP contribution in [0.4, 0.5) is 0 Å². The van der Waals surface area contributed by atoms with Gasteiger partial charge >= 0.3 is 0 Å². The predicted octanol–water partition coefficient (Wildman–Crippen LogP) is 7.62. The molecule has 0 unspecified atom stereocenters. The number of aryl methyl sites for hydroxylation is 2. The van der Waals surface area contributed by atoms with E-state index in [4.69, 9.17) is 37.1 Å². The van der Waals surface area contributed by atoms with Crippen LogP contribution in [0.3, 0.4) is 0 Å². The summed E-state index contributed by atoms with van der Waals surface area (Å²) in [5, 5.41) is 1.59. The zero-order valence-corrected chi connectivity index (χ0v) is 20.0. The Hall–Kier alpha value is -2.95. The Morgan fingerprint density at radius 1 is 0.848 bits per heavy atom. The van der Waals surface area contributed by atoms with E-state index in [9.17, 15) is 4.79 Å². The Morgan fingerprint density at radius 3 is 2.21 bits per heavy atom. The molecule has 3 aromatic carbocycles. The summed E-state index contributed by atoms with van der Waals surface area (Å²) in [5.74, 6) is 1.39. The van der Waals surface area contributed by atoms with Crippen LogP contribution in [-0.4, -0.2) is 13.2 Å². The SMILES string of the molecule is Cc1ccc(-c2oc3cc(C)c(Cl)cc3c(=O)c2OCCCCOc2ccc(Cl)cc2)cc1. The number of unbranched alkanes of at least 4 members (excludes halogenated alkanes) is 1. The first-order valence-electron chi connectivity index (χ1n) is 10.8. The zero-order chi connectivity index (χ0) is 23.4. The van der Waals surface area contributed by atoms with Crippen molar-refractivity contribution in [2.45, 2.75) is 26.7 Å². The number of hydrogen-bond donors (Lipinski definition) is 0. The second-order valence-electron chi connectivity index (χ2n) is 7.91. The Labute approximate surface area is 202 Å². The molecule has 33 heavy (non-hydrogen) atoms. The maximum atomic E-state index is 13.3. The number of rotatable bonds is 8. The Bertz CT molecular complexity index is 1310. The van der Waals surface area contributed by atoms with Crippen LogP contribution in [0.1, 0.15) is 24.0 Å². The van der Waals surface area contributed by atoms with Crippen molar-refractivity contribution in [3.8, 4) is 22.8 Å². The molecule has 1 heterocycles. The maximum absolute atomic E-state index is 13.3. The summed E-state index contributed by atoms with van der Waals surface area (Å²) < 4.78 is 17.9. The summed E-state index contributed by atoms with van der Waals surface area (Å²) in [6.45, 7) is 4.79. The molecule has 4 rings (SSSR count). The molecule has 0 fully saturated rings. The largest absolute Gasteiger partial charge is 0.494 e. The Kier molecular flexibility index (Phi) is 7.26. The number of ether oxygens (including phenoxy) is 2. The van der Waals surface area contributed by atoms with Gasteiger partial charge in [-0.1, -0.05) is 53.0 Å². The fourth-order valence-corrected chi connectivity index (χ4v) is 3.71. The summed E-state index contributed by atoms with van der Waals surface area (Å²) in [6.07, 6.45) is 1.49. The molecular weight excluding hydrogens is 459 g/mol. The van der Waals surface area contributed by atoms with E-state index in [1.165, 1.54) is 0 Å². The van der Waals surface area contributed by atoms with Gasteiger partial charge in [0, 0.05) is 15.6 Å². The highest BCUT2D eigenvalue weighted by Crippen LogP contribution is 2.33. The van der Waals surface area contributed by atoms with Gasteiger partial charge in [-0.05, 0) is 68.7 Å². The lowest BCUT2D eigenvalue weighted by Crippen LogP contribution is -2.12. The topological polar surface area (TPSA) is 48.7 Å². The van der Waals surface area contributed by atoms with Crippen LogP contribution < -0.4 is 14.9 Å². The van der Waals surface area contributed by atoms with Crippen molar-refractivity contribution in [3.63, 3.8) is 0 Å². The van der Waals surface area contributed by atoms with Gasteiger partial charge in [-0.2, -0.15) is 0 Å². The van der Waals surface area contributed by atoms with Crippen molar-refractivity contribution in [2.24, 2.45) is 0 Å². The molecule has 0 atom stereocenters. The Morgan fingerprint density at radius 2 is 1.52 bits per heavy atom. The van der Waals surface area contributed by atoms with E-state index in [0.717, 1.165) is 28.9 Å². The summed E-state index contributed by atoms with van der Waals surface area (Å²) in [7, 11) is 0. The van der Waals surface area contributed by atoms with Crippen LogP contribution in [0.15, 0.2) is 69.9 Å². The predicted molar refractivity (Wildman–Crippen MR) is 134 cm³/mol. The third kappa shape index (κ3) is 5.52. The van der Waals surface area contributed by atoms with Gasteiger partial charge in [0.15, 0.2) is 5.76 Å². The molecule has 170 valence electrons. The zero-order valence-electron chi connectivity index (χ0n) is 18.5. The van der Waals surface area contributed by atoms with Crippen LogP contribution in [0.5, 0.6) is 11.5 Å². The molecule has 0 radical (unpaired) electrons. The molecule has 0 saturated heterocycles.